The number of carbonyl (C=O) groups is 1. The fourth-order valence-corrected chi connectivity index (χ4v) is 2.50. The van der Waals surface area contributed by atoms with Crippen LogP contribution in [0.5, 0.6) is 0 Å². The predicted molar refractivity (Wildman–Crippen MR) is 75.0 cm³/mol. The number of amides is 1. The van der Waals surface area contributed by atoms with E-state index in [1.54, 1.807) is 0 Å². The molecule has 1 aromatic rings. The van der Waals surface area contributed by atoms with E-state index in [-0.39, 0.29) is 12.2 Å². The minimum absolute atomic E-state index is 0.0843. The molecule has 1 saturated heterocycles. The molecular weight excluding hydrogens is 315 g/mol. The molecule has 1 aliphatic heterocycles. The lowest BCUT2D eigenvalue weighted by Crippen LogP contribution is -2.55. The quantitative estimate of drug-likeness (QED) is 0.909. The molecule has 1 fully saturated rings. The summed E-state index contributed by atoms with van der Waals surface area (Å²) in [6.07, 6.45) is -4.76. The first-order valence-corrected chi connectivity index (χ1v) is 7.27. The molecular formula is C14H20F3N3O3. The van der Waals surface area contributed by atoms with Gasteiger partial charge in [-0.2, -0.15) is 13.2 Å². The van der Waals surface area contributed by atoms with Crippen LogP contribution in [0.2, 0.25) is 0 Å². The Morgan fingerprint density at radius 2 is 1.91 bits per heavy atom. The summed E-state index contributed by atoms with van der Waals surface area (Å²) in [6.45, 7) is 7.97. The van der Waals surface area contributed by atoms with E-state index >= 15 is 0 Å². The van der Waals surface area contributed by atoms with Crippen molar-refractivity contribution in [2.75, 3.05) is 32.8 Å². The van der Waals surface area contributed by atoms with Gasteiger partial charge in [0.05, 0.1) is 18.9 Å². The van der Waals surface area contributed by atoms with Gasteiger partial charge in [-0.05, 0) is 20.8 Å². The second-order valence-electron chi connectivity index (χ2n) is 6.06. The van der Waals surface area contributed by atoms with Crippen LogP contribution in [-0.4, -0.2) is 54.4 Å². The standard InChI is InChI=1S/C14H20F3N3O3/c1-9-10(11(23-19-9)14(15,16)17)12(21)18-8-13(2,3)20-4-6-22-7-5-20/h4-8H2,1-3H3,(H,18,21). The van der Waals surface area contributed by atoms with Crippen molar-refractivity contribution in [1.29, 1.82) is 0 Å². The smallest absolute Gasteiger partial charge is 0.379 e. The van der Waals surface area contributed by atoms with E-state index in [1.165, 1.54) is 6.92 Å². The van der Waals surface area contributed by atoms with Crippen LogP contribution in [0.4, 0.5) is 13.2 Å². The Hall–Kier alpha value is -1.61. The number of carbonyl (C=O) groups excluding carboxylic acids is 1. The van der Waals surface area contributed by atoms with Gasteiger partial charge >= 0.3 is 6.18 Å². The molecule has 0 atom stereocenters. The number of ether oxygens (including phenoxy) is 1. The highest BCUT2D eigenvalue weighted by atomic mass is 19.4. The maximum absolute atomic E-state index is 12.9. The summed E-state index contributed by atoms with van der Waals surface area (Å²) in [5.74, 6) is -2.20. The van der Waals surface area contributed by atoms with E-state index in [2.05, 4.69) is 19.9 Å². The molecule has 0 bridgehead atoms. The van der Waals surface area contributed by atoms with E-state index in [1.807, 2.05) is 13.8 Å². The number of hydrogen-bond donors (Lipinski definition) is 1. The first-order valence-electron chi connectivity index (χ1n) is 7.27. The number of nitrogens with one attached hydrogen (secondary N) is 1. The van der Waals surface area contributed by atoms with Crippen molar-refractivity contribution >= 4 is 5.91 Å². The van der Waals surface area contributed by atoms with E-state index in [0.29, 0.717) is 26.3 Å². The lowest BCUT2D eigenvalue weighted by atomic mass is 10.0. The monoisotopic (exact) mass is 335 g/mol. The minimum atomic E-state index is -4.76. The summed E-state index contributed by atoms with van der Waals surface area (Å²) in [6, 6.07) is 0. The normalized spacial score (nSPS) is 17.3. The average molecular weight is 335 g/mol. The van der Waals surface area contributed by atoms with Crippen molar-refractivity contribution < 1.29 is 27.2 Å². The molecule has 1 aromatic heterocycles. The first-order chi connectivity index (χ1) is 10.6. The van der Waals surface area contributed by atoms with E-state index in [9.17, 15) is 18.0 Å². The molecule has 0 aliphatic carbocycles. The van der Waals surface area contributed by atoms with Gasteiger partial charge in [0.1, 0.15) is 5.56 Å². The molecule has 23 heavy (non-hydrogen) atoms. The molecule has 0 radical (unpaired) electrons. The van der Waals surface area contributed by atoms with Gasteiger partial charge in [0.2, 0.25) is 0 Å². The van der Waals surface area contributed by atoms with Gasteiger partial charge < -0.3 is 14.6 Å². The van der Waals surface area contributed by atoms with Crippen molar-refractivity contribution in [2.24, 2.45) is 0 Å². The van der Waals surface area contributed by atoms with E-state index in [4.69, 9.17) is 4.74 Å². The molecule has 9 heteroatoms. The van der Waals surface area contributed by atoms with Crippen LogP contribution in [0, 0.1) is 6.92 Å². The van der Waals surface area contributed by atoms with Gasteiger partial charge in [0.15, 0.2) is 0 Å². The van der Waals surface area contributed by atoms with Crippen LogP contribution in [0.1, 0.15) is 35.7 Å². The molecule has 0 spiro atoms. The predicted octanol–water partition coefficient (Wildman–Crippen LogP) is 1.84. The number of rotatable bonds is 4. The fourth-order valence-electron chi connectivity index (χ4n) is 2.50. The molecule has 1 aliphatic rings. The Balaban J connectivity index is 2.06. The third-order valence-corrected chi connectivity index (χ3v) is 3.90. The van der Waals surface area contributed by atoms with Gasteiger partial charge in [0.25, 0.3) is 11.7 Å². The molecule has 0 aromatic carbocycles. The van der Waals surface area contributed by atoms with Crippen molar-refractivity contribution in [1.82, 2.24) is 15.4 Å². The minimum Gasteiger partial charge on any atom is -0.379 e. The molecule has 1 N–H and O–H groups in total. The molecule has 0 unspecified atom stereocenters. The van der Waals surface area contributed by atoms with Gasteiger partial charge in [-0.1, -0.05) is 5.16 Å². The first kappa shape index (κ1) is 17.7. The highest BCUT2D eigenvalue weighted by molar-refractivity contribution is 5.96. The zero-order chi connectivity index (χ0) is 17.3. The summed E-state index contributed by atoms with van der Waals surface area (Å²) in [4.78, 5) is 14.3. The zero-order valence-electron chi connectivity index (χ0n) is 13.3. The summed E-state index contributed by atoms with van der Waals surface area (Å²) in [5, 5.41) is 5.81. The third-order valence-electron chi connectivity index (χ3n) is 3.90. The van der Waals surface area contributed by atoms with Crippen LogP contribution in [0.3, 0.4) is 0 Å². The van der Waals surface area contributed by atoms with E-state index < -0.39 is 28.9 Å². The summed E-state index contributed by atoms with van der Waals surface area (Å²) < 4.78 is 48.1. The average Bonchev–Trinajstić information content (AvgIpc) is 2.88. The highest BCUT2D eigenvalue weighted by Gasteiger charge is 2.42. The van der Waals surface area contributed by atoms with Crippen LogP contribution in [0.25, 0.3) is 0 Å². The lowest BCUT2D eigenvalue weighted by molar-refractivity contribution is -0.155. The second-order valence-corrected chi connectivity index (χ2v) is 6.06. The second kappa shape index (κ2) is 6.48. The summed E-state index contributed by atoms with van der Waals surface area (Å²) >= 11 is 0. The number of hydrogen-bond acceptors (Lipinski definition) is 5. The molecule has 0 saturated carbocycles. The summed E-state index contributed by atoms with van der Waals surface area (Å²) in [7, 11) is 0. The number of morpholine rings is 1. The van der Waals surface area contributed by atoms with Gasteiger partial charge in [-0.3, -0.25) is 9.69 Å². The summed E-state index contributed by atoms with van der Waals surface area (Å²) in [5.41, 5.74) is -1.04. The van der Waals surface area contributed by atoms with Crippen molar-refractivity contribution in [3.8, 4) is 0 Å². The number of alkyl halides is 3. The van der Waals surface area contributed by atoms with Crippen LogP contribution < -0.4 is 5.32 Å². The third kappa shape index (κ3) is 4.03. The van der Waals surface area contributed by atoms with Crippen LogP contribution >= 0.6 is 0 Å². The molecule has 1 amide bonds. The number of aromatic nitrogens is 1. The topological polar surface area (TPSA) is 67.6 Å². The molecule has 130 valence electrons. The Morgan fingerprint density at radius 1 is 1.30 bits per heavy atom. The fraction of sp³-hybridized carbons (Fsp3) is 0.714. The maximum atomic E-state index is 12.9. The zero-order valence-corrected chi connectivity index (χ0v) is 13.3. The van der Waals surface area contributed by atoms with Gasteiger partial charge in [0, 0.05) is 25.2 Å². The molecule has 2 heterocycles. The van der Waals surface area contributed by atoms with E-state index in [0.717, 1.165) is 0 Å². The van der Waals surface area contributed by atoms with Crippen molar-refractivity contribution in [3.63, 3.8) is 0 Å². The number of nitrogens with zero attached hydrogens (tertiary/aromatic N) is 2. The van der Waals surface area contributed by atoms with Gasteiger partial charge in [-0.15, -0.1) is 0 Å². The Morgan fingerprint density at radius 3 is 2.48 bits per heavy atom. The largest absolute Gasteiger partial charge is 0.453 e. The SMILES string of the molecule is Cc1noc(C(F)(F)F)c1C(=O)NCC(C)(C)N1CCOCC1. The van der Waals surface area contributed by atoms with Crippen LogP contribution in [-0.2, 0) is 10.9 Å². The Kier molecular flexibility index (Phi) is 5.00. The molecule has 6 nitrogen and oxygen atoms in total. The Bertz CT molecular complexity index is 563. The van der Waals surface area contributed by atoms with Crippen LogP contribution in [0.15, 0.2) is 4.52 Å². The highest BCUT2D eigenvalue weighted by Crippen LogP contribution is 2.33. The maximum Gasteiger partial charge on any atom is 0.453 e. The van der Waals surface area contributed by atoms with Gasteiger partial charge in [-0.25, -0.2) is 0 Å². The Labute approximate surface area is 131 Å². The number of halogens is 3. The molecule has 2 rings (SSSR count). The lowest BCUT2D eigenvalue weighted by Gasteiger charge is -2.40. The van der Waals surface area contributed by atoms with Crippen molar-refractivity contribution in [2.45, 2.75) is 32.5 Å². The van der Waals surface area contributed by atoms with Crippen molar-refractivity contribution in [3.05, 3.63) is 17.0 Å². The number of aryl methyl sites for hydroxylation is 1.